The van der Waals surface area contributed by atoms with Gasteiger partial charge in [0.2, 0.25) is 24.0 Å². The molecule has 0 atom stereocenters. The Morgan fingerprint density at radius 1 is 1.61 bits per heavy atom. The van der Waals surface area contributed by atoms with Crippen molar-refractivity contribution in [1.82, 2.24) is 15.6 Å². The first-order chi connectivity index (χ1) is 11.0. The molecule has 0 radical (unpaired) electrons. The van der Waals surface area contributed by atoms with Crippen molar-refractivity contribution in [3.8, 4) is 6.19 Å². The minimum Gasteiger partial charge on any atom is -0.369 e. The number of amides is 1. The van der Waals surface area contributed by atoms with Crippen molar-refractivity contribution in [3.05, 3.63) is 11.1 Å². The molecule has 0 aromatic carbocycles. The van der Waals surface area contributed by atoms with Gasteiger partial charge in [0.05, 0.1) is 5.69 Å². The standard InChI is InChI=1S/C12H18N8OS2/c1-8(21)18-10(14)20-12-19-9(6-23-12)5-22-4-3-16-11(15-2)17-7-13/h6H,3-5H2,1-2H3,(H2,15,16,17)(H3,14,18,19,20,21). The van der Waals surface area contributed by atoms with Crippen LogP contribution >= 0.6 is 23.1 Å². The van der Waals surface area contributed by atoms with Crippen molar-refractivity contribution in [1.29, 1.82) is 5.26 Å². The van der Waals surface area contributed by atoms with Crippen LogP contribution in [-0.4, -0.2) is 42.2 Å². The zero-order chi connectivity index (χ0) is 17.1. The van der Waals surface area contributed by atoms with E-state index in [4.69, 9.17) is 11.0 Å². The Morgan fingerprint density at radius 3 is 3.04 bits per heavy atom. The molecule has 0 fully saturated rings. The fourth-order valence-electron chi connectivity index (χ4n) is 1.39. The number of thiazole rings is 1. The third-order valence-corrected chi connectivity index (χ3v) is 4.05. The molecule has 0 bridgehead atoms. The summed E-state index contributed by atoms with van der Waals surface area (Å²) in [4.78, 5) is 22.3. The van der Waals surface area contributed by atoms with Gasteiger partial charge in [0, 0.05) is 37.4 Å². The molecule has 9 nitrogen and oxygen atoms in total. The zero-order valence-corrected chi connectivity index (χ0v) is 14.4. The van der Waals surface area contributed by atoms with Crippen molar-refractivity contribution in [3.63, 3.8) is 0 Å². The number of hydrogen-bond donors (Lipinski definition) is 4. The molecule has 124 valence electrons. The number of carbonyl (C=O) groups excluding carboxylic acids is 1. The van der Waals surface area contributed by atoms with Gasteiger partial charge in [-0.25, -0.2) is 4.98 Å². The lowest BCUT2D eigenvalue weighted by Crippen LogP contribution is -2.35. The normalized spacial score (nSPS) is 11.7. The van der Waals surface area contributed by atoms with Crippen LogP contribution in [0, 0.1) is 11.5 Å². The molecule has 0 saturated heterocycles. The number of nitrogens with one attached hydrogen (secondary N) is 3. The van der Waals surface area contributed by atoms with Crippen LogP contribution in [0.2, 0.25) is 0 Å². The number of nitriles is 1. The van der Waals surface area contributed by atoms with Crippen molar-refractivity contribution in [2.45, 2.75) is 12.7 Å². The summed E-state index contributed by atoms with van der Waals surface area (Å²) >= 11 is 3.09. The first-order valence-corrected chi connectivity index (χ1v) is 8.61. The van der Waals surface area contributed by atoms with E-state index in [1.807, 2.05) is 5.38 Å². The molecule has 0 saturated carbocycles. The molecule has 1 aromatic heterocycles. The maximum atomic E-state index is 10.8. The maximum Gasteiger partial charge on any atom is 0.245 e. The molecule has 5 N–H and O–H groups in total. The van der Waals surface area contributed by atoms with Crippen LogP contribution in [0.5, 0.6) is 0 Å². The van der Waals surface area contributed by atoms with Gasteiger partial charge in [-0.1, -0.05) is 0 Å². The Bertz CT molecular complexity index is 619. The van der Waals surface area contributed by atoms with E-state index in [0.29, 0.717) is 17.6 Å². The molecule has 23 heavy (non-hydrogen) atoms. The average Bonchev–Trinajstić information content (AvgIpc) is 2.92. The van der Waals surface area contributed by atoms with Crippen LogP contribution in [0.3, 0.4) is 0 Å². The molecule has 1 amide bonds. The molecule has 0 aliphatic rings. The topological polar surface area (TPSA) is 141 Å². The highest BCUT2D eigenvalue weighted by molar-refractivity contribution is 7.98. The SMILES string of the molecule is CN/C(=N/C#N)NCCSCc1csc(N/C(N)=N\C(C)=O)n1. The van der Waals surface area contributed by atoms with Gasteiger partial charge in [-0.15, -0.1) is 16.3 Å². The Labute approximate surface area is 142 Å². The minimum atomic E-state index is -0.365. The summed E-state index contributed by atoms with van der Waals surface area (Å²) in [5.74, 6) is 1.70. The van der Waals surface area contributed by atoms with Crippen LogP contribution in [0.1, 0.15) is 12.6 Å². The maximum absolute atomic E-state index is 10.8. The number of thioether (sulfide) groups is 1. The number of nitrogens with two attached hydrogens (primary N) is 1. The highest BCUT2D eigenvalue weighted by Crippen LogP contribution is 2.19. The first-order valence-electron chi connectivity index (χ1n) is 6.57. The lowest BCUT2D eigenvalue weighted by molar-refractivity contribution is -0.115. The fraction of sp³-hybridized carbons (Fsp3) is 0.417. The third-order valence-electron chi connectivity index (χ3n) is 2.25. The largest absolute Gasteiger partial charge is 0.369 e. The lowest BCUT2D eigenvalue weighted by Gasteiger charge is -2.06. The summed E-state index contributed by atoms with van der Waals surface area (Å²) in [6.07, 6.45) is 1.72. The molecular formula is C12H18N8OS2. The van der Waals surface area contributed by atoms with E-state index >= 15 is 0 Å². The average molecular weight is 354 g/mol. The number of carbonyl (C=O) groups is 1. The molecule has 0 aliphatic heterocycles. The predicted molar refractivity (Wildman–Crippen MR) is 94.3 cm³/mol. The quantitative estimate of drug-likeness (QED) is 0.247. The van der Waals surface area contributed by atoms with E-state index in [0.717, 1.165) is 17.2 Å². The summed E-state index contributed by atoms with van der Waals surface area (Å²) < 4.78 is 0. The monoisotopic (exact) mass is 354 g/mol. The summed E-state index contributed by atoms with van der Waals surface area (Å²) in [5.41, 5.74) is 6.47. The van der Waals surface area contributed by atoms with E-state index in [1.54, 1.807) is 25.0 Å². The second-order valence-electron chi connectivity index (χ2n) is 4.07. The zero-order valence-electron chi connectivity index (χ0n) is 12.8. The summed E-state index contributed by atoms with van der Waals surface area (Å²) in [7, 11) is 1.70. The highest BCUT2D eigenvalue weighted by Gasteiger charge is 2.04. The molecule has 0 unspecified atom stereocenters. The van der Waals surface area contributed by atoms with Crippen molar-refractivity contribution in [2.24, 2.45) is 15.7 Å². The number of anilines is 1. The molecular weight excluding hydrogens is 336 g/mol. The van der Waals surface area contributed by atoms with Gasteiger partial charge in [-0.05, 0) is 0 Å². The Balaban J connectivity index is 2.31. The van der Waals surface area contributed by atoms with E-state index in [9.17, 15) is 4.79 Å². The van der Waals surface area contributed by atoms with E-state index in [2.05, 4.69) is 30.9 Å². The Morgan fingerprint density at radius 2 is 2.39 bits per heavy atom. The summed E-state index contributed by atoms with van der Waals surface area (Å²) in [5, 5.41) is 19.5. The van der Waals surface area contributed by atoms with Gasteiger partial charge in [0.1, 0.15) is 0 Å². The van der Waals surface area contributed by atoms with Gasteiger partial charge in [-0.3, -0.25) is 4.79 Å². The second kappa shape index (κ2) is 10.4. The van der Waals surface area contributed by atoms with Gasteiger partial charge in [0.25, 0.3) is 0 Å². The van der Waals surface area contributed by atoms with Crippen molar-refractivity contribution < 1.29 is 4.79 Å². The molecule has 1 heterocycles. The smallest absolute Gasteiger partial charge is 0.245 e. The minimum absolute atomic E-state index is 0.0339. The van der Waals surface area contributed by atoms with Gasteiger partial charge < -0.3 is 21.7 Å². The number of aromatic nitrogens is 1. The lowest BCUT2D eigenvalue weighted by atomic mass is 10.6. The number of hydrogen-bond acceptors (Lipinski definition) is 6. The molecule has 1 rings (SSSR count). The summed E-state index contributed by atoms with van der Waals surface area (Å²) in [6.45, 7) is 2.01. The molecule has 1 aromatic rings. The van der Waals surface area contributed by atoms with Crippen molar-refractivity contribution in [2.75, 3.05) is 24.7 Å². The number of nitrogens with zero attached hydrogens (tertiary/aromatic N) is 4. The van der Waals surface area contributed by atoms with Crippen LogP contribution in [0.15, 0.2) is 15.4 Å². The molecule has 0 spiro atoms. The van der Waals surface area contributed by atoms with Gasteiger partial charge in [0.15, 0.2) is 5.13 Å². The van der Waals surface area contributed by atoms with Crippen LogP contribution in [0.25, 0.3) is 0 Å². The molecule has 0 aliphatic carbocycles. The number of aliphatic imine (C=N–C) groups is 2. The van der Waals surface area contributed by atoms with E-state index < -0.39 is 0 Å². The van der Waals surface area contributed by atoms with Gasteiger partial charge in [-0.2, -0.15) is 22.0 Å². The number of guanidine groups is 2. The van der Waals surface area contributed by atoms with Crippen LogP contribution < -0.4 is 21.7 Å². The van der Waals surface area contributed by atoms with E-state index in [1.165, 1.54) is 18.3 Å². The van der Waals surface area contributed by atoms with Crippen LogP contribution in [-0.2, 0) is 10.5 Å². The van der Waals surface area contributed by atoms with Crippen molar-refractivity contribution >= 4 is 46.1 Å². The van der Waals surface area contributed by atoms with E-state index in [-0.39, 0.29) is 11.9 Å². The Kier molecular flexibility index (Phi) is 8.48. The van der Waals surface area contributed by atoms with Crippen LogP contribution in [0.4, 0.5) is 5.13 Å². The summed E-state index contributed by atoms with van der Waals surface area (Å²) in [6, 6.07) is 0. The third kappa shape index (κ3) is 8.03. The fourth-order valence-corrected chi connectivity index (χ4v) is 2.96. The number of rotatable bonds is 6. The molecule has 11 heteroatoms. The predicted octanol–water partition coefficient (Wildman–Crippen LogP) is 0.295. The first kappa shape index (κ1) is 18.7. The Hall–Kier alpha value is -2.32. The highest BCUT2D eigenvalue weighted by atomic mass is 32.2. The van der Waals surface area contributed by atoms with Gasteiger partial charge >= 0.3 is 0 Å². The second-order valence-corrected chi connectivity index (χ2v) is 6.04.